The van der Waals surface area contributed by atoms with Crippen molar-refractivity contribution >= 4 is 40.2 Å². The van der Waals surface area contributed by atoms with Crippen molar-refractivity contribution in [1.82, 2.24) is 15.8 Å². The summed E-state index contributed by atoms with van der Waals surface area (Å²) in [6.45, 7) is 1.99. The quantitative estimate of drug-likeness (QED) is 0.164. The van der Waals surface area contributed by atoms with Gasteiger partial charge in [-0.05, 0) is 29.8 Å². The Bertz CT molecular complexity index is 1320. The number of carbonyl (C=O) groups is 2. The molecule has 1 heterocycles. The normalized spacial score (nSPS) is 19.2. The van der Waals surface area contributed by atoms with Gasteiger partial charge in [-0.3, -0.25) is 20.4 Å². The van der Waals surface area contributed by atoms with E-state index in [0.29, 0.717) is 17.9 Å². The molecule has 3 aromatic rings. The molecule has 0 spiro atoms. The Morgan fingerprint density at radius 3 is 2.67 bits per heavy atom. The van der Waals surface area contributed by atoms with E-state index in [0.717, 1.165) is 16.9 Å². The van der Waals surface area contributed by atoms with Crippen molar-refractivity contribution < 1.29 is 18.7 Å². The average molecular weight is 527 g/mol. The monoisotopic (exact) mass is 526 g/mol. The maximum absolute atomic E-state index is 14.8. The smallest absolute Gasteiger partial charge is 0.238 e. The van der Waals surface area contributed by atoms with Crippen LogP contribution >= 0.6 is 22.9 Å². The van der Waals surface area contributed by atoms with E-state index in [9.17, 15) is 14.0 Å². The molecule has 2 unspecified atom stereocenters. The number of thiazole rings is 1. The lowest BCUT2D eigenvalue weighted by atomic mass is 9.96. The van der Waals surface area contributed by atoms with Crippen LogP contribution in [0.2, 0.25) is 0 Å². The Morgan fingerprint density at radius 2 is 1.92 bits per heavy atom. The molecule has 1 aromatic heterocycles. The lowest BCUT2D eigenvalue weighted by molar-refractivity contribution is -0.121. The summed E-state index contributed by atoms with van der Waals surface area (Å²) in [5.74, 6) is -0.198. The number of ketones is 1. The zero-order chi connectivity index (χ0) is 25.7. The number of rotatable bonds is 9. The van der Waals surface area contributed by atoms with Gasteiger partial charge in [-0.2, -0.15) is 0 Å². The largest absolute Gasteiger partial charge is 0.488 e. The van der Waals surface area contributed by atoms with Crippen molar-refractivity contribution in [2.45, 2.75) is 31.1 Å². The number of alkyl halides is 2. The van der Waals surface area contributed by atoms with Crippen LogP contribution in [0.1, 0.15) is 40.0 Å². The van der Waals surface area contributed by atoms with Crippen LogP contribution in [-0.2, 0) is 11.4 Å². The number of hydrazine groups is 1. The van der Waals surface area contributed by atoms with Gasteiger partial charge in [0.05, 0.1) is 11.3 Å². The number of amides is 1. The van der Waals surface area contributed by atoms with E-state index in [-0.39, 0.29) is 40.1 Å². The van der Waals surface area contributed by atoms with Crippen LogP contribution in [0.4, 0.5) is 4.39 Å². The maximum atomic E-state index is 14.8. The molecule has 0 bridgehead atoms. The molecule has 0 fully saturated rings. The van der Waals surface area contributed by atoms with Crippen LogP contribution in [0.25, 0.3) is 5.57 Å². The summed E-state index contributed by atoms with van der Waals surface area (Å²) in [5.41, 5.74) is 13.1. The third kappa shape index (κ3) is 5.64. The summed E-state index contributed by atoms with van der Waals surface area (Å²) in [5, 5.41) is 1.85. The Kier molecular flexibility index (Phi) is 7.83. The molecule has 1 aliphatic carbocycles. The molecule has 0 aliphatic heterocycles. The van der Waals surface area contributed by atoms with Crippen LogP contribution in [0.15, 0.2) is 77.8 Å². The van der Waals surface area contributed by atoms with E-state index in [2.05, 4.69) is 15.8 Å². The van der Waals surface area contributed by atoms with Gasteiger partial charge in [-0.25, -0.2) is 9.37 Å². The number of nitrogens with one attached hydrogen (secondary N) is 2. The molecule has 10 heteroatoms. The molecule has 7 nitrogen and oxygen atoms in total. The molecule has 0 saturated heterocycles. The number of allylic oxidation sites excluding steroid dienone is 1. The Morgan fingerprint density at radius 1 is 1.19 bits per heavy atom. The van der Waals surface area contributed by atoms with Gasteiger partial charge in [0.25, 0.3) is 0 Å². The summed E-state index contributed by atoms with van der Waals surface area (Å²) in [7, 11) is 0. The van der Waals surface area contributed by atoms with Gasteiger partial charge in [0.1, 0.15) is 23.1 Å². The SMILES string of the molecule is CCC(=O)NNC1=CC(F)C(N)(Cl)C(c2nc(C(=O)c3ccccc3OCc3ccccc3)cs2)=C1. The van der Waals surface area contributed by atoms with Gasteiger partial charge in [0.15, 0.2) is 11.2 Å². The van der Waals surface area contributed by atoms with Crippen molar-refractivity contribution in [2.75, 3.05) is 0 Å². The number of aromatic nitrogens is 1. The van der Waals surface area contributed by atoms with E-state index >= 15 is 0 Å². The average Bonchev–Trinajstić information content (AvgIpc) is 3.38. The van der Waals surface area contributed by atoms with Gasteiger partial charge >= 0.3 is 0 Å². The molecule has 1 aliphatic rings. The van der Waals surface area contributed by atoms with Crippen LogP contribution in [-0.4, -0.2) is 27.8 Å². The van der Waals surface area contributed by atoms with Gasteiger partial charge in [-0.15, -0.1) is 11.3 Å². The standard InChI is InChI=1S/C26H24ClFN4O3S/c1-2-23(33)32-31-17-12-19(26(27,29)22(28)13-17)25-30-20(15-36-25)24(34)18-10-6-7-11-21(18)35-14-16-8-4-3-5-9-16/h3-13,15,22,31H,2,14,29H2,1H3,(H,32,33). The topological polar surface area (TPSA) is 106 Å². The Labute approximate surface area is 216 Å². The van der Waals surface area contributed by atoms with Crippen LogP contribution in [0, 0.1) is 0 Å². The number of para-hydroxylation sites is 1. The summed E-state index contributed by atoms with van der Waals surface area (Å²) in [6.07, 6.45) is 1.16. The highest BCUT2D eigenvalue weighted by atomic mass is 35.5. The van der Waals surface area contributed by atoms with Gasteiger partial charge in [0, 0.05) is 17.4 Å². The van der Waals surface area contributed by atoms with Crippen molar-refractivity contribution in [3.8, 4) is 5.75 Å². The lowest BCUT2D eigenvalue weighted by Crippen LogP contribution is -2.47. The van der Waals surface area contributed by atoms with Crippen molar-refractivity contribution in [3.05, 3.63) is 99.7 Å². The number of benzene rings is 2. The van der Waals surface area contributed by atoms with Crippen LogP contribution in [0.3, 0.4) is 0 Å². The molecule has 2 aromatic carbocycles. The van der Waals surface area contributed by atoms with Gasteiger partial charge in [-0.1, -0.05) is 61.0 Å². The highest BCUT2D eigenvalue weighted by Crippen LogP contribution is 2.39. The number of nitrogens with two attached hydrogens (primary N) is 1. The fraction of sp³-hybridized carbons (Fsp3) is 0.192. The first kappa shape index (κ1) is 25.6. The predicted octanol–water partition coefficient (Wildman–Crippen LogP) is 4.50. The Hall–Kier alpha value is -3.53. The van der Waals surface area contributed by atoms with E-state index in [1.54, 1.807) is 36.6 Å². The van der Waals surface area contributed by atoms with Gasteiger partial charge in [0.2, 0.25) is 11.7 Å². The van der Waals surface area contributed by atoms with Crippen molar-refractivity contribution in [2.24, 2.45) is 5.73 Å². The van der Waals surface area contributed by atoms with Gasteiger partial charge < -0.3 is 10.5 Å². The molecule has 4 N–H and O–H groups in total. The van der Waals surface area contributed by atoms with E-state index in [1.165, 1.54) is 12.2 Å². The zero-order valence-corrected chi connectivity index (χ0v) is 20.9. The minimum Gasteiger partial charge on any atom is -0.488 e. The Balaban J connectivity index is 1.57. The molecule has 0 radical (unpaired) electrons. The summed E-state index contributed by atoms with van der Waals surface area (Å²) < 4.78 is 20.7. The molecule has 186 valence electrons. The maximum Gasteiger partial charge on any atom is 0.238 e. The number of halogens is 2. The molecule has 0 saturated carbocycles. The molecule has 2 atom stereocenters. The van der Waals surface area contributed by atoms with Crippen molar-refractivity contribution in [1.29, 1.82) is 0 Å². The second kappa shape index (κ2) is 11.0. The first-order valence-corrected chi connectivity index (χ1v) is 12.4. The highest BCUT2D eigenvalue weighted by Gasteiger charge is 2.41. The second-order valence-corrected chi connectivity index (χ2v) is 9.50. The van der Waals surface area contributed by atoms with Crippen LogP contribution < -0.4 is 21.3 Å². The second-order valence-electron chi connectivity index (χ2n) is 8.01. The van der Waals surface area contributed by atoms with Crippen LogP contribution in [0.5, 0.6) is 5.75 Å². The fourth-order valence-electron chi connectivity index (χ4n) is 3.43. The zero-order valence-electron chi connectivity index (χ0n) is 19.3. The molecule has 1 amide bonds. The first-order valence-electron chi connectivity index (χ1n) is 11.2. The third-order valence-electron chi connectivity index (χ3n) is 5.44. The number of ether oxygens (including phenoxy) is 1. The first-order chi connectivity index (χ1) is 17.3. The van der Waals surface area contributed by atoms with E-state index in [1.807, 2.05) is 30.3 Å². The minimum atomic E-state index is -1.89. The highest BCUT2D eigenvalue weighted by molar-refractivity contribution is 7.11. The summed E-state index contributed by atoms with van der Waals surface area (Å²) >= 11 is 7.46. The fourth-order valence-corrected chi connectivity index (χ4v) is 4.58. The molecule has 36 heavy (non-hydrogen) atoms. The summed E-state index contributed by atoms with van der Waals surface area (Å²) in [4.78, 5) is 27.4. The van der Waals surface area contributed by atoms with E-state index < -0.39 is 11.2 Å². The van der Waals surface area contributed by atoms with E-state index in [4.69, 9.17) is 22.1 Å². The molecule has 4 rings (SSSR count). The van der Waals surface area contributed by atoms with Crippen molar-refractivity contribution in [3.63, 3.8) is 0 Å². The third-order valence-corrected chi connectivity index (χ3v) is 6.73. The number of hydrogen-bond acceptors (Lipinski definition) is 7. The number of nitrogens with zero attached hydrogens (tertiary/aromatic N) is 1. The lowest BCUT2D eigenvalue weighted by Gasteiger charge is -2.30. The molecular weight excluding hydrogens is 503 g/mol. The number of carbonyl (C=O) groups excluding carboxylic acids is 2. The minimum absolute atomic E-state index is 0.151. The number of hydrogen-bond donors (Lipinski definition) is 3. The summed E-state index contributed by atoms with van der Waals surface area (Å²) in [6, 6.07) is 16.5. The predicted molar refractivity (Wildman–Crippen MR) is 138 cm³/mol. The molecular formula is C26H24ClFN4O3S.